The molecular weight excluding hydrogens is 278 g/mol. The van der Waals surface area contributed by atoms with E-state index in [1.54, 1.807) is 23.1 Å². The molecule has 0 aromatic heterocycles. The minimum absolute atomic E-state index is 0.105. The molecule has 2 amide bonds. The molecule has 0 spiro atoms. The molecule has 0 unspecified atom stereocenters. The van der Waals surface area contributed by atoms with Crippen LogP contribution in [0.15, 0.2) is 35.2 Å². The fraction of sp³-hybridized carbons (Fsp3) is 0.462. The summed E-state index contributed by atoms with van der Waals surface area (Å²) < 4.78 is 26.2. The Morgan fingerprint density at radius 3 is 2.40 bits per heavy atom. The second-order valence-electron chi connectivity index (χ2n) is 4.67. The molecule has 1 saturated heterocycles. The molecule has 0 saturated carbocycles. The smallest absolute Gasteiger partial charge is 0.318 e. The van der Waals surface area contributed by atoms with Gasteiger partial charge >= 0.3 is 6.03 Å². The number of carbonyl (C=O) groups is 1. The number of nitrogens with one attached hydrogen (secondary N) is 2. The van der Waals surface area contributed by atoms with Crippen LogP contribution in [0, 0.1) is 0 Å². The Morgan fingerprint density at radius 1 is 1.10 bits per heavy atom. The van der Waals surface area contributed by atoms with Gasteiger partial charge in [0.15, 0.2) is 0 Å². The molecule has 1 fully saturated rings. The first-order chi connectivity index (χ1) is 9.59. The number of amides is 2. The highest BCUT2D eigenvalue weighted by molar-refractivity contribution is 7.89. The van der Waals surface area contributed by atoms with E-state index in [1.807, 2.05) is 0 Å². The Hall–Kier alpha value is -1.60. The third-order valence-corrected chi connectivity index (χ3v) is 4.62. The maximum atomic E-state index is 11.9. The predicted octanol–water partition coefficient (Wildman–Crippen LogP) is 1.12. The van der Waals surface area contributed by atoms with E-state index in [4.69, 9.17) is 0 Å². The lowest BCUT2D eigenvalue weighted by Crippen LogP contribution is -2.46. The zero-order chi connectivity index (χ0) is 14.4. The number of benzene rings is 1. The van der Waals surface area contributed by atoms with E-state index in [-0.39, 0.29) is 17.6 Å². The van der Waals surface area contributed by atoms with Crippen LogP contribution in [0.1, 0.15) is 19.3 Å². The van der Waals surface area contributed by atoms with Gasteiger partial charge in [-0.2, -0.15) is 4.72 Å². The molecule has 1 aromatic rings. The summed E-state index contributed by atoms with van der Waals surface area (Å²) in [4.78, 5) is 13.7. The molecular formula is C13H19N3O3S. The third kappa shape index (κ3) is 3.94. The van der Waals surface area contributed by atoms with Crippen molar-refractivity contribution in [1.29, 1.82) is 0 Å². The number of carbonyl (C=O) groups excluding carboxylic acids is 1. The Kier molecular flexibility index (Phi) is 4.97. The van der Waals surface area contributed by atoms with Gasteiger partial charge in [0, 0.05) is 13.1 Å². The van der Waals surface area contributed by atoms with Gasteiger partial charge in [0.1, 0.15) is 0 Å². The second-order valence-corrected chi connectivity index (χ2v) is 6.43. The number of hydrogen-bond donors (Lipinski definition) is 2. The van der Waals surface area contributed by atoms with Crippen molar-refractivity contribution in [3.63, 3.8) is 0 Å². The lowest BCUT2D eigenvalue weighted by atomic mass is 10.1. The monoisotopic (exact) mass is 297 g/mol. The van der Waals surface area contributed by atoms with E-state index < -0.39 is 10.0 Å². The number of hydrogen-bond acceptors (Lipinski definition) is 3. The van der Waals surface area contributed by atoms with E-state index in [2.05, 4.69) is 10.0 Å². The number of piperidine rings is 1. The largest absolute Gasteiger partial charge is 0.325 e. The number of rotatable bonds is 4. The van der Waals surface area contributed by atoms with Gasteiger partial charge in [0.2, 0.25) is 10.0 Å². The van der Waals surface area contributed by atoms with E-state index >= 15 is 0 Å². The molecule has 1 aliphatic rings. The molecule has 1 aromatic carbocycles. The van der Waals surface area contributed by atoms with Crippen molar-refractivity contribution in [2.45, 2.75) is 24.2 Å². The lowest BCUT2D eigenvalue weighted by Gasteiger charge is -2.26. The summed E-state index contributed by atoms with van der Waals surface area (Å²) in [6.45, 7) is 1.36. The summed E-state index contributed by atoms with van der Waals surface area (Å²) >= 11 is 0. The predicted molar refractivity (Wildman–Crippen MR) is 75.6 cm³/mol. The van der Waals surface area contributed by atoms with Gasteiger partial charge in [-0.15, -0.1) is 0 Å². The highest BCUT2D eigenvalue weighted by Crippen LogP contribution is 2.08. The lowest BCUT2D eigenvalue weighted by molar-refractivity contribution is 0.186. The van der Waals surface area contributed by atoms with Gasteiger partial charge in [-0.3, -0.25) is 0 Å². The fourth-order valence-corrected chi connectivity index (χ4v) is 3.04. The van der Waals surface area contributed by atoms with Gasteiger partial charge in [0.05, 0.1) is 11.6 Å². The number of nitrogens with zero attached hydrogens (tertiary/aromatic N) is 1. The van der Waals surface area contributed by atoms with Gasteiger partial charge in [0.25, 0.3) is 0 Å². The molecule has 0 atom stereocenters. The minimum Gasteiger partial charge on any atom is -0.325 e. The van der Waals surface area contributed by atoms with Crippen molar-refractivity contribution in [2.24, 2.45) is 0 Å². The summed E-state index contributed by atoms with van der Waals surface area (Å²) in [5, 5.41) is 2.57. The van der Waals surface area contributed by atoms with E-state index in [9.17, 15) is 13.2 Å². The molecule has 1 heterocycles. The molecule has 2 N–H and O–H groups in total. The van der Waals surface area contributed by atoms with Crippen LogP contribution in [-0.4, -0.2) is 39.1 Å². The highest BCUT2D eigenvalue weighted by Gasteiger charge is 2.17. The summed E-state index contributed by atoms with van der Waals surface area (Å²) in [6.07, 6.45) is 3.15. The second kappa shape index (κ2) is 6.71. The zero-order valence-electron chi connectivity index (χ0n) is 11.2. The maximum absolute atomic E-state index is 11.9. The summed E-state index contributed by atoms with van der Waals surface area (Å²) in [5.74, 6) is 0. The number of likely N-dealkylation sites (tertiary alicyclic amines) is 1. The number of urea groups is 1. The standard InChI is InChI=1S/C13H19N3O3S/c17-13(16-9-5-2-6-10-16)14-11-15-20(18,19)12-7-3-1-4-8-12/h1,3-4,7-8,15H,2,5-6,9-11H2,(H,14,17). The molecule has 0 aliphatic carbocycles. The molecule has 20 heavy (non-hydrogen) atoms. The van der Waals surface area contributed by atoms with Crippen LogP contribution in [0.5, 0.6) is 0 Å². The Bertz CT molecular complexity index is 539. The third-order valence-electron chi connectivity index (χ3n) is 3.20. The van der Waals surface area contributed by atoms with Crippen molar-refractivity contribution in [1.82, 2.24) is 14.9 Å². The van der Waals surface area contributed by atoms with Gasteiger partial charge in [-0.25, -0.2) is 13.2 Å². The molecule has 110 valence electrons. The first-order valence-corrected chi connectivity index (χ1v) is 8.15. The van der Waals surface area contributed by atoms with Crippen molar-refractivity contribution in [3.8, 4) is 0 Å². The van der Waals surface area contributed by atoms with Crippen molar-refractivity contribution in [3.05, 3.63) is 30.3 Å². The van der Waals surface area contributed by atoms with Crippen LogP contribution in [0.4, 0.5) is 4.79 Å². The molecule has 6 nitrogen and oxygen atoms in total. The van der Waals surface area contributed by atoms with Crippen LogP contribution in [-0.2, 0) is 10.0 Å². The van der Waals surface area contributed by atoms with Crippen molar-refractivity contribution >= 4 is 16.1 Å². The van der Waals surface area contributed by atoms with Crippen LogP contribution in [0.2, 0.25) is 0 Å². The average Bonchev–Trinajstić information content (AvgIpc) is 2.49. The number of sulfonamides is 1. The minimum atomic E-state index is -3.57. The summed E-state index contributed by atoms with van der Waals surface area (Å²) in [6, 6.07) is 7.85. The molecule has 1 aliphatic heterocycles. The van der Waals surface area contributed by atoms with Crippen LogP contribution in [0.25, 0.3) is 0 Å². The normalized spacial score (nSPS) is 15.9. The fourth-order valence-electron chi connectivity index (χ4n) is 2.10. The van der Waals surface area contributed by atoms with Crippen molar-refractivity contribution in [2.75, 3.05) is 19.8 Å². The van der Waals surface area contributed by atoms with Gasteiger partial charge in [-0.1, -0.05) is 18.2 Å². The van der Waals surface area contributed by atoms with Crippen LogP contribution >= 0.6 is 0 Å². The van der Waals surface area contributed by atoms with Crippen molar-refractivity contribution < 1.29 is 13.2 Å². The van der Waals surface area contributed by atoms with E-state index in [1.165, 1.54) is 12.1 Å². The first kappa shape index (κ1) is 14.8. The SMILES string of the molecule is O=C(NCNS(=O)(=O)c1ccccc1)N1CCCCC1. The molecule has 0 radical (unpaired) electrons. The summed E-state index contributed by atoms with van der Waals surface area (Å²) in [7, 11) is -3.57. The maximum Gasteiger partial charge on any atom is 0.318 e. The quantitative estimate of drug-likeness (QED) is 0.817. The van der Waals surface area contributed by atoms with Gasteiger partial charge < -0.3 is 10.2 Å². The average molecular weight is 297 g/mol. The Morgan fingerprint density at radius 2 is 1.75 bits per heavy atom. The first-order valence-electron chi connectivity index (χ1n) is 6.67. The van der Waals surface area contributed by atoms with Crippen LogP contribution < -0.4 is 10.0 Å². The van der Waals surface area contributed by atoms with Gasteiger partial charge in [-0.05, 0) is 31.4 Å². The topological polar surface area (TPSA) is 78.5 Å². The molecule has 2 rings (SSSR count). The summed E-state index contributed by atoms with van der Waals surface area (Å²) in [5.41, 5.74) is 0. The molecule has 7 heteroatoms. The van der Waals surface area contributed by atoms with Crippen LogP contribution in [0.3, 0.4) is 0 Å². The zero-order valence-corrected chi connectivity index (χ0v) is 12.0. The van der Waals surface area contributed by atoms with E-state index in [0.29, 0.717) is 0 Å². The highest BCUT2D eigenvalue weighted by atomic mass is 32.2. The van der Waals surface area contributed by atoms with E-state index in [0.717, 1.165) is 32.4 Å². The molecule has 0 bridgehead atoms. The Balaban J connectivity index is 1.82. The Labute approximate surface area is 119 Å².